The van der Waals surface area contributed by atoms with Crippen molar-refractivity contribution < 1.29 is 9.72 Å². The molecule has 0 radical (unpaired) electrons. The van der Waals surface area contributed by atoms with Gasteiger partial charge in [0.2, 0.25) is 0 Å². The predicted octanol–water partition coefficient (Wildman–Crippen LogP) is 0.987. The number of aryl methyl sites for hydroxylation is 1. The summed E-state index contributed by atoms with van der Waals surface area (Å²) in [5.74, 6) is -0.365. The zero-order chi connectivity index (χ0) is 19.2. The van der Waals surface area contributed by atoms with Gasteiger partial charge in [0.25, 0.3) is 11.2 Å². The van der Waals surface area contributed by atoms with Crippen LogP contribution in [0.4, 0.5) is 5.69 Å². The van der Waals surface area contributed by atoms with E-state index >= 15 is 0 Å². The molecule has 0 aliphatic carbocycles. The second kappa shape index (κ2) is 6.33. The molecule has 0 N–H and O–H groups in total. The lowest BCUT2D eigenvalue weighted by atomic mass is 10.1. The van der Waals surface area contributed by atoms with Crippen LogP contribution < -0.4 is 11.2 Å². The van der Waals surface area contributed by atoms with Gasteiger partial charge in [0, 0.05) is 31.8 Å². The first-order valence-electron chi connectivity index (χ1n) is 7.31. The summed E-state index contributed by atoms with van der Waals surface area (Å²) in [4.78, 5) is 51.3. The Bertz CT molecular complexity index is 1170. The van der Waals surface area contributed by atoms with E-state index in [1.54, 1.807) is 0 Å². The van der Waals surface area contributed by atoms with Crippen LogP contribution in [0.25, 0.3) is 11.2 Å². The van der Waals surface area contributed by atoms with Crippen molar-refractivity contribution in [3.05, 3.63) is 65.5 Å². The average Bonchev–Trinajstić information content (AvgIpc) is 2.94. The zero-order valence-electron chi connectivity index (χ0n) is 13.7. The number of hydrogen-bond acceptors (Lipinski definition) is 6. The van der Waals surface area contributed by atoms with Gasteiger partial charge in [-0.3, -0.25) is 28.8 Å². The molecule has 1 aromatic carbocycles. The molecule has 2 aromatic heterocycles. The number of carbonyl (C=O) groups is 1. The first-order valence-corrected chi connectivity index (χ1v) is 8.11. The minimum atomic E-state index is -0.571. The fourth-order valence-corrected chi connectivity index (χ4v) is 3.04. The first kappa shape index (κ1) is 17.7. The number of aromatic nitrogens is 4. The summed E-state index contributed by atoms with van der Waals surface area (Å²) in [6.45, 7) is -0.220. The highest BCUT2D eigenvalue weighted by Gasteiger charge is 2.20. The summed E-state index contributed by atoms with van der Waals surface area (Å²) in [5, 5.41) is 10.7. The SMILES string of the molecule is Cn1c(=O)c2c(nc(Br)n2CC(=O)c2ccc([N+](=O)[O-])cc2)n(C)c1=O. The quantitative estimate of drug-likeness (QED) is 0.268. The number of nitro groups is 1. The fraction of sp³-hybridized carbons (Fsp3) is 0.200. The Kier molecular flexibility index (Phi) is 4.32. The summed E-state index contributed by atoms with van der Waals surface area (Å²) in [7, 11) is 2.82. The maximum absolute atomic E-state index is 12.5. The second-order valence-corrected chi connectivity index (χ2v) is 6.28. The fourth-order valence-electron chi connectivity index (χ4n) is 2.57. The number of fused-ring (bicyclic) bond motifs is 1. The minimum absolute atomic E-state index is 0.108. The summed E-state index contributed by atoms with van der Waals surface area (Å²) in [6, 6.07) is 5.16. The van der Waals surface area contributed by atoms with Crippen LogP contribution in [0.15, 0.2) is 38.6 Å². The van der Waals surface area contributed by atoms with Crippen molar-refractivity contribution in [1.82, 2.24) is 18.7 Å². The molecule has 0 atom stereocenters. The Hall–Kier alpha value is -3.08. The van der Waals surface area contributed by atoms with Crippen molar-refractivity contribution in [2.24, 2.45) is 14.1 Å². The lowest BCUT2D eigenvalue weighted by Gasteiger charge is -2.07. The largest absolute Gasteiger partial charge is 0.332 e. The lowest BCUT2D eigenvalue weighted by molar-refractivity contribution is -0.384. The number of halogens is 1. The number of benzene rings is 1. The van der Waals surface area contributed by atoms with E-state index in [9.17, 15) is 24.5 Å². The molecule has 2 heterocycles. The van der Waals surface area contributed by atoms with E-state index in [4.69, 9.17) is 0 Å². The first-order chi connectivity index (χ1) is 12.2. The molecule has 0 unspecified atom stereocenters. The van der Waals surface area contributed by atoms with Crippen molar-refractivity contribution in [2.45, 2.75) is 6.54 Å². The van der Waals surface area contributed by atoms with Crippen LogP contribution in [0.5, 0.6) is 0 Å². The molecule has 0 fully saturated rings. The van der Waals surface area contributed by atoms with Crippen LogP contribution in [0, 0.1) is 10.1 Å². The number of carbonyl (C=O) groups excluding carboxylic acids is 1. The third-order valence-electron chi connectivity index (χ3n) is 4.00. The number of Topliss-reactive ketones (excluding diaryl/α,β-unsaturated/α-hetero) is 1. The van der Waals surface area contributed by atoms with E-state index in [1.807, 2.05) is 0 Å². The van der Waals surface area contributed by atoms with Gasteiger partial charge in [-0.1, -0.05) is 0 Å². The maximum atomic E-state index is 12.5. The van der Waals surface area contributed by atoms with Gasteiger partial charge < -0.3 is 4.57 Å². The van der Waals surface area contributed by atoms with Crippen LogP contribution in [-0.2, 0) is 20.6 Å². The van der Waals surface area contributed by atoms with E-state index < -0.39 is 16.2 Å². The van der Waals surface area contributed by atoms with Gasteiger partial charge in [0.05, 0.1) is 11.5 Å². The molecule has 134 valence electrons. The second-order valence-electron chi connectivity index (χ2n) is 5.57. The van der Waals surface area contributed by atoms with Crippen molar-refractivity contribution in [3.8, 4) is 0 Å². The number of non-ortho nitro benzene ring substituents is 1. The zero-order valence-corrected chi connectivity index (χ0v) is 15.3. The van der Waals surface area contributed by atoms with E-state index in [2.05, 4.69) is 20.9 Å². The number of nitrogens with zero attached hydrogens (tertiary/aromatic N) is 5. The summed E-state index contributed by atoms with van der Waals surface area (Å²) in [5.41, 5.74) is -0.706. The minimum Gasteiger partial charge on any atom is -0.305 e. The molecule has 0 saturated carbocycles. The molecule has 11 heteroatoms. The van der Waals surface area contributed by atoms with Crippen LogP contribution >= 0.6 is 15.9 Å². The van der Waals surface area contributed by atoms with Gasteiger partial charge in [0.1, 0.15) is 0 Å². The molecular formula is C15H12BrN5O5. The molecule has 0 amide bonds. The molecule has 26 heavy (non-hydrogen) atoms. The Morgan fingerprint density at radius 1 is 1.19 bits per heavy atom. The summed E-state index contributed by atoms with van der Waals surface area (Å²) in [6.07, 6.45) is 0. The highest BCUT2D eigenvalue weighted by atomic mass is 79.9. The highest BCUT2D eigenvalue weighted by Crippen LogP contribution is 2.18. The number of rotatable bonds is 4. The summed E-state index contributed by atoms with van der Waals surface area (Å²) >= 11 is 3.21. The van der Waals surface area contributed by atoms with E-state index in [0.29, 0.717) is 0 Å². The van der Waals surface area contributed by atoms with Gasteiger partial charge in [0.15, 0.2) is 21.7 Å². The number of ketones is 1. The van der Waals surface area contributed by atoms with Crippen molar-refractivity contribution in [1.29, 1.82) is 0 Å². The highest BCUT2D eigenvalue weighted by molar-refractivity contribution is 9.10. The van der Waals surface area contributed by atoms with Crippen LogP contribution in [0.1, 0.15) is 10.4 Å². The Balaban J connectivity index is 2.08. The van der Waals surface area contributed by atoms with Crippen molar-refractivity contribution in [3.63, 3.8) is 0 Å². The molecule has 3 rings (SSSR count). The number of hydrogen-bond donors (Lipinski definition) is 0. The van der Waals surface area contributed by atoms with E-state index in [-0.39, 0.29) is 39.5 Å². The molecule has 0 saturated heterocycles. The normalized spacial score (nSPS) is 11.0. The average molecular weight is 422 g/mol. The van der Waals surface area contributed by atoms with Crippen LogP contribution in [0.2, 0.25) is 0 Å². The predicted molar refractivity (Wildman–Crippen MR) is 95.3 cm³/mol. The van der Waals surface area contributed by atoms with Crippen molar-refractivity contribution >= 4 is 38.6 Å². The maximum Gasteiger partial charge on any atom is 0.332 e. The van der Waals surface area contributed by atoms with Gasteiger partial charge in [-0.15, -0.1) is 0 Å². The van der Waals surface area contributed by atoms with Crippen molar-refractivity contribution in [2.75, 3.05) is 0 Å². The Labute approximate surface area is 153 Å². The molecule has 0 bridgehead atoms. The van der Waals surface area contributed by atoms with Gasteiger partial charge in [-0.2, -0.15) is 0 Å². The van der Waals surface area contributed by atoms with E-state index in [0.717, 1.165) is 4.57 Å². The third-order valence-corrected chi connectivity index (χ3v) is 4.61. The Morgan fingerprint density at radius 3 is 2.38 bits per heavy atom. The number of nitro benzene ring substituents is 1. The van der Waals surface area contributed by atoms with Crippen LogP contribution in [0.3, 0.4) is 0 Å². The van der Waals surface area contributed by atoms with E-state index in [1.165, 1.54) is 47.5 Å². The summed E-state index contributed by atoms with van der Waals surface area (Å²) < 4.78 is 3.74. The third kappa shape index (κ3) is 2.75. The molecule has 10 nitrogen and oxygen atoms in total. The van der Waals surface area contributed by atoms with Gasteiger partial charge >= 0.3 is 5.69 Å². The molecule has 0 aliphatic rings. The molecule has 0 aliphatic heterocycles. The molecular weight excluding hydrogens is 410 g/mol. The smallest absolute Gasteiger partial charge is 0.305 e. The lowest BCUT2D eigenvalue weighted by Crippen LogP contribution is -2.37. The number of imidazole rings is 1. The topological polar surface area (TPSA) is 122 Å². The van der Waals surface area contributed by atoms with Gasteiger partial charge in [-0.25, -0.2) is 9.78 Å². The molecule has 3 aromatic rings. The molecule has 0 spiro atoms. The van der Waals surface area contributed by atoms with Gasteiger partial charge in [-0.05, 0) is 28.1 Å². The van der Waals surface area contributed by atoms with Crippen LogP contribution in [-0.4, -0.2) is 29.4 Å². The monoisotopic (exact) mass is 421 g/mol. The standard InChI is InChI=1S/C15H12BrN5O5/c1-18-12-11(13(23)19(2)15(18)24)20(14(16)17-12)7-10(22)8-3-5-9(6-4-8)21(25)26/h3-6H,7H2,1-2H3. The Morgan fingerprint density at radius 2 is 1.81 bits per heavy atom.